The van der Waals surface area contributed by atoms with Gasteiger partial charge in [0.25, 0.3) is 5.91 Å². The minimum absolute atomic E-state index is 0.124. The molecule has 0 aromatic heterocycles. The van der Waals surface area contributed by atoms with Gasteiger partial charge in [0.1, 0.15) is 6.61 Å². The molecule has 212 valence electrons. The van der Waals surface area contributed by atoms with E-state index in [1.807, 2.05) is 32.0 Å². The number of carbonyl (C=O) groups is 2. The molecule has 1 amide bonds. The number of aromatic carboxylic acids is 1. The van der Waals surface area contributed by atoms with Crippen LogP contribution in [0.3, 0.4) is 0 Å². The summed E-state index contributed by atoms with van der Waals surface area (Å²) in [5.41, 5.74) is 2.95. The smallest absolute Gasteiger partial charge is 0.335 e. The highest BCUT2D eigenvalue weighted by atomic mass is 35.5. The van der Waals surface area contributed by atoms with Crippen molar-refractivity contribution in [3.8, 4) is 11.5 Å². The Labute approximate surface area is 253 Å². The first-order valence-corrected chi connectivity index (χ1v) is 14.4. The van der Waals surface area contributed by atoms with Gasteiger partial charge in [0.05, 0.1) is 22.8 Å². The summed E-state index contributed by atoms with van der Waals surface area (Å²) in [4.78, 5) is 31.3. The zero-order valence-corrected chi connectivity index (χ0v) is 24.9. The highest BCUT2D eigenvalue weighted by molar-refractivity contribution is 8.18. The lowest BCUT2D eigenvalue weighted by Crippen LogP contribution is -2.28. The van der Waals surface area contributed by atoms with Crippen molar-refractivity contribution in [3.05, 3.63) is 104 Å². The molecule has 1 saturated heterocycles. The molecule has 0 saturated carbocycles. The van der Waals surface area contributed by atoms with E-state index in [1.54, 1.807) is 41.3 Å². The number of amidine groups is 1. The minimum Gasteiger partial charge on any atom is -0.490 e. The number of hydrogen-bond donors (Lipinski definition) is 1. The van der Waals surface area contributed by atoms with Crippen LogP contribution in [-0.2, 0) is 17.8 Å². The quantitative estimate of drug-likeness (QED) is 0.175. The van der Waals surface area contributed by atoms with Crippen molar-refractivity contribution in [2.45, 2.75) is 26.9 Å². The van der Waals surface area contributed by atoms with E-state index >= 15 is 0 Å². The molecule has 41 heavy (non-hydrogen) atoms. The van der Waals surface area contributed by atoms with E-state index in [1.165, 1.54) is 23.9 Å². The fourth-order valence-corrected chi connectivity index (χ4v) is 5.66. The molecule has 0 unspecified atom stereocenters. The number of likely N-dealkylation sites (N-methyl/N-ethyl adjacent to an activating group) is 1. The van der Waals surface area contributed by atoms with Gasteiger partial charge in [-0.25, -0.2) is 9.79 Å². The summed E-state index contributed by atoms with van der Waals surface area (Å²) in [5, 5.41) is 10.8. The van der Waals surface area contributed by atoms with Crippen molar-refractivity contribution in [2.75, 3.05) is 13.2 Å². The maximum atomic E-state index is 13.3. The Balaban J connectivity index is 1.68. The Bertz CT molecular complexity index is 1550. The van der Waals surface area contributed by atoms with Gasteiger partial charge < -0.3 is 14.6 Å². The van der Waals surface area contributed by atoms with Crippen molar-refractivity contribution >= 4 is 63.8 Å². The van der Waals surface area contributed by atoms with E-state index in [4.69, 9.17) is 32.7 Å². The molecule has 0 spiro atoms. The highest BCUT2D eigenvalue weighted by Crippen LogP contribution is 2.39. The number of carboxylic acids is 1. The van der Waals surface area contributed by atoms with Gasteiger partial charge in [-0.2, -0.15) is 0 Å². The van der Waals surface area contributed by atoms with Crippen molar-refractivity contribution in [1.29, 1.82) is 0 Å². The summed E-state index contributed by atoms with van der Waals surface area (Å²) >= 11 is 13.6. The van der Waals surface area contributed by atoms with Crippen molar-refractivity contribution in [1.82, 2.24) is 4.90 Å². The maximum Gasteiger partial charge on any atom is 0.335 e. The number of amides is 1. The monoisotopic (exact) mass is 610 g/mol. The Morgan fingerprint density at radius 1 is 1.10 bits per heavy atom. The molecule has 7 nitrogen and oxygen atoms in total. The van der Waals surface area contributed by atoms with Crippen LogP contribution in [-0.4, -0.2) is 40.2 Å². The summed E-state index contributed by atoms with van der Waals surface area (Å²) in [6, 6.07) is 15.3. The Hall–Kier alpha value is -3.72. The molecule has 3 aromatic carbocycles. The maximum absolute atomic E-state index is 13.3. The van der Waals surface area contributed by atoms with Gasteiger partial charge in [0.2, 0.25) is 0 Å². The molecule has 1 N–H and O–H groups in total. The second-order valence-corrected chi connectivity index (χ2v) is 10.7. The molecular weight excluding hydrogens is 583 g/mol. The number of rotatable bonds is 11. The number of carbonyl (C=O) groups excluding carboxylic acids is 1. The lowest BCUT2D eigenvalue weighted by molar-refractivity contribution is -0.122. The van der Waals surface area contributed by atoms with Crippen LogP contribution < -0.4 is 9.47 Å². The molecule has 0 atom stereocenters. The van der Waals surface area contributed by atoms with Crippen LogP contribution in [0.5, 0.6) is 11.5 Å². The van der Waals surface area contributed by atoms with E-state index in [9.17, 15) is 14.7 Å². The molecule has 0 radical (unpaired) electrons. The third kappa shape index (κ3) is 7.33. The topological polar surface area (TPSA) is 88.4 Å². The van der Waals surface area contributed by atoms with Crippen molar-refractivity contribution < 1.29 is 24.2 Å². The van der Waals surface area contributed by atoms with Crippen LogP contribution in [0, 0.1) is 0 Å². The van der Waals surface area contributed by atoms with Crippen molar-refractivity contribution in [2.24, 2.45) is 4.99 Å². The van der Waals surface area contributed by atoms with Gasteiger partial charge in [-0.05, 0) is 86.1 Å². The largest absolute Gasteiger partial charge is 0.490 e. The average molecular weight is 612 g/mol. The van der Waals surface area contributed by atoms with Crippen LogP contribution in [0.4, 0.5) is 5.69 Å². The zero-order chi connectivity index (χ0) is 29.5. The van der Waals surface area contributed by atoms with E-state index in [2.05, 4.69) is 11.6 Å². The van der Waals surface area contributed by atoms with Gasteiger partial charge >= 0.3 is 5.97 Å². The lowest BCUT2D eigenvalue weighted by atomic mass is 10.0. The Kier molecular flexibility index (Phi) is 10.2. The number of hydrogen-bond acceptors (Lipinski definition) is 6. The minimum atomic E-state index is -1.04. The Morgan fingerprint density at radius 3 is 2.59 bits per heavy atom. The SMILES string of the molecule is C=CCc1cc(/C=C2/SC(=Nc3cccc(C(=O)O)c3)N(CC)C2=O)cc(OCC)c1OCc1ccc(Cl)cc1Cl. The highest BCUT2D eigenvalue weighted by Gasteiger charge is 2.32. The van der Waals surface area contributed by atoms with Crippen LogP contribution in [0.15, 0.2) is 77.1 Å². The molecule has 0 bridgehead atoms. The molecular formula is C31H28Cl2N2O5S. The van der Waals surface area contributed by atoms with Gasteiger partial charge in [-0.15, -0.1) is 6.58 Å². The average Bonchev–Trinajstić information content (AvgIpc) is 3.22. The number of thioether (sulfide) groups is 1. The lowest BCUT2D eigenvalue weighted by Gasteiger charge is -2.17. The zero-order valence-electron chi connectivity index (χ0n) is 22.5. The number of halogens is 2. The molecule has 10 heteroatoms. The number of nitrogens with zero attached hydrogens (tertiary/aromatic N) is 2. The third-order valence-corrected chi connectivity index (χ3v) is 7.62. The number of allylic oxidation sites excluding steroid dienone is 1. The summed E-state index contributed by atoms with van der Waals surface area (Å²) in [7, 11) is 0. The first kappa shape index (κ1) is 30.2. The van der Waals surface area contributed by atoms with Crippen LogP contribution in [0.1, 0.15) is 40.9 Å². The molecule has 1 aliphatic rings. The number of benzene rings is 3. The van der Waals surface area contributed by atoms with E-state index in [-0.39, 0.29) is 18.1 Å². The van der Waals surface area contributed by atoms with E-state index in [0.29, 0.717) is 56.9 Å². The summed E-state index contributed by atoms with van der Waals surface area (Å²) in [6.45, 7) is 8.66. The van der Waals surface area contributed by atoms with Gasteiger partial charge in [0, 0.05) is 27.7 Å². The number of aliphatic imine (C=N–C) groups is 1. The molecule has 4 rings (SSSR count). The summed E-state index contributed by atoms with van der Waals surface area (Å²) in [6.07, 6.45) is 4.07. The fraction of sp³-hybridized carbons (Fsp3) is 0.194. The Morgan fingerprint density at radius 2 is 1.90 bits per heavy atom. The van der Waals surface area contributed by atoms with Gasteiger partial charge in [-0.1, -0.05) is 41.4 Å². The summed E-state index contributed by atoms with van der Waals surface area (Å²) < 4.78 is 12.2. The van der Waals surface area contributed by atoms with Crippen molar-refractivity contribution in [3.63, 3.8) is 0 Å². The molecule has 1 heterocycles. The predicted octanol–water partition coefficient (Wildman–Crippen LogP) is 8.02. The molecule has 1 fully saturated rings. The first-order valence-electron chi connectivity index (χ1n) is 12.8. The third-order valence-electron chi connectivity index (χ3n) is 6.03. The predicted molar refractivity (Wildman–Crippen MR) is 166 cm³/mol. The first-order chi connectivity index (χ1) is 19.7. The molecule has 0 aliphatic carbocycles. The van der Waals surface area contributed by atoms with Crippen LogP contribution in [0.2, 0.25) is 10.0 Å². The second kappa shape index (κ2) is 13.8. The molecule has 1 aliphatic heterocycles. The van der Waals surface area contributed by atoms with Crippen LogP contribution in [0.25, 0.3) is 6.08 Å². The number of carboxylic acid groups (broad SMARTS) is 1. The fourth-order valence-electron chi connectivity index (χ4n) is 4.13. The van der Waals surface area contributed by atoms with E-state index < -0.39 is 5.97 Å². The van der Waals surface area contributed by atoms with E-state index in [0.717, 1.165) is 16.7 Å². The van der Waals surface area contributed by atoms with Gasteiger partial charge in [0.15, 0.2) is 16.7 Å². The number of ether oxygens (including phenoxy) is 2. The standard InChI is InChI=1S/C31H28Cl2N2O5S/c1-4-8-20-13-19(14-26(39-6-3)28(20)40-18-22-11-12-23(32)17-25(22)33)15-27-29(36)35(5-2)31(41-27)34-24-10-7-9-21(16-24)30(37)38/h4,7,9-17H,1,5-6,8,18H2,2-3H3,(H,37,38)/b27-15+,34-31?. The summed E-state index contributed by atoms with van der Waals surface area (Å²) in [5.74, 6) is -0.127. The van der Waals surface area contributed by atoms with Gasteiger partial charge in [-0.3, -0.25) is 9.69 Å². The van der Waals surface area contributed by atoms with Crippen LogP contribution >= 0.6 is 35.0 Å². The second-order valence-electron chi connectivity index (χ2n) is 8.87. The normalized spacial score (nSPS) is 15.0. The molecule has 3 aromatic rings.